The molecule has 5 heteroatoms. The standard InChI is InChI=1S/C14H24N4O/c1-8(2)12-17-13(15-5)9(3)14(18-12)16-11-6-7-19-10(11)4/h8,10-11H,6-7H2,1-5H3,(H2,15,16,17,18). The molecule has 2 heterocycles. The van der Waals surface area contributed by atoms with E-state index in [4.69, 9.17) is 4.74 Å². The van der Waals surface area contributed by atoms with Gasteiger partial charge in [-0.1, -0.05) is 13.8 Å². The van der Waals surface area contributed by atoms with Crippen molar-refractivity contribution in [2.75, 3.05) is 24.3 Å². The predicted octanol–water partition coefficient (Wildman–Crippen LogP) is 2.54. The van der Waals surface area contributed by atoms with Crippen LogP contribution in [-0.2, 0) is 4.74 Å². The second-order valence-corrected chi connectivity index (χ2v) is 5.42. The molecule has 1 aliphatic rings. The smallest absolute Gasteiger partial charge is 0.135 e. The number of rotatable bonds is 4. The third kappa shape index (κ3) is 2.97. The average Bonchev–Trinajstić information content (AvgIpc) is 2.77. The third-order valence-electron chi connectivity index (χ3n) is 3.61. The highest BCUT2D eigenvalue weighted by Gasteiger charge is 2.25. The molecule has 2 unspecified atom stereocenters. The summed E-state index contributed by atoms with van der Waals surface area (Å²) < 4.78 is 5.59. The molecule has 19 heavy (non-hydrogen) atoms. The van der Waals surface area contributed by atoms with Gasteiger partial charge in [0.05, 0.1) is 12.1 Å². The van der Waals surface area contributed by atoms with Crippen LogP contribution in [-0.4, -0.2) is 35.8 Å². The van der Waals surface area contributed by atoms with Gasteiger partial charge < -0.3 is 15.4 Å². The molecule has 5 nitrogen and oxygen atoms in total. The van der Waals surface area contributed by atoms with E-state index in [9.17, 15) is 0 Å². The maximum Gasteiger partial charge on any atom is 0.135 e. The Kier molecular flexibility index (Phi) is 4.24. The first-order valence-corrected chi connectivity index (χ1v) is 6.97. The van der Waals surface area contributed by atoms with Crippen LogP contribution >= 0.6 is 0 Å². The van der Waals surface area contributed by atoms with Crippen molar-refractivity contribution in [2.45, 2.75) is 52.2 Å². The van der Waals surface area contributed by atoms with E-state index in [-0.39, 0.29) is 6.10 Å². The summed E-state index contributed by atoms with van der Waals surface area (Å²) >= 11 is 0. The molecule has 106 valence electrons. The van der Waals surface area contributed by atoms with Crippen LogP contribution in [0.15, 0.2) is 0 Å². The Hall–Kier alpha value is -1.36. The van der Waals surface area contributed by atoms with Gasteiger partial charge in [-0.05, 0) is 20.3 Å². The maximum atomic E-state index is 5.59. The Morgan fingerprint density at radius 1 is 1.26 bits per heavy atom. The molecule has 0 radical (unpaired) electrons. The highest BCUT2D eigenvalue weighted by molar-refractivity contribution is 5.57. The molecular weight excluding hydrogens is 240 g/mol. The Bertz CT molecular complexity index is 447. The highest BCUT2D eigenvalue weighted by atomic mass is 16.5. The summed E-state index contributed by atoms with van der Waals surface area (Å²) in [4.78, 5) is 9.21. The molecule has 1 aliphatic heterocycles. The topological polar surface area (TPSA) is 59.1 Å². The summed E-state index contributed by atoms with van der Waals surface area (Å²) in [6.07, 6.45) is 1.26. The molecular formula is C14H24N4O. The highest BCUT2D eigenvalue weighted by Crippen LogP contribution is 2.25. The first-order chi connectivity index (χ1) is 9.02. The molecule has 1 saturated heterocycles. The molecule has 0 bridgehead atoms. The summed E-state index contributed by atoms with van der Waals surface area (Å²) in [6, 6.07) is 0.332. The lowest BCUT2D eigenvalue weighted by atomic mass is 10.1. The van der Waals surface area contributed by atoms with Crippen LogP contribution in [0.25, 0.3) is 0 Å². The molecule has 0 aliphatic carbocycles. The molecule has 2 atom stereocenters. The van der Waals surface area contributed by atoms with Gasteiger partial charge in [0.25, 0.3) is 0 Å². The van der Waals surface area contributed by atoms with Gasteiger partial charge in [0.1, 0.15) is 17.5 Å². The minimum Gasteiger partial charge on any atom is -0.376 e. The molecule has 1 aromatic rings. The predicted molar refractivity (Wildman–Crippen MR) is 77.8 cm³/mol. The van der Waals surface area contributed by atoms with E-state index >= 15 is 0 Å². The SMILES string of the molecule is CNc1nc(C(C)C)nc(NC2CCOC2C)c1C. The fourth-order valence-electron chi connectivity index (χ4n) is 2.27. The Labute approximate surface area is 115 Å². The number of anilines is 2. The maximum absolute atomic E-state index is 5.59. The largest absolute Gasteiger partial charge is 0.376 e. The lowest BCUT2D eigenvalue weighted by Gasteiger charge is -2.20. The van der Waals surface area contributed by atoms with E-state index in [1.54, 1.807) is 0 Å². The zero-order valence-electron chi connectivity index (χ0n) is 12.4. The Balaban J connectivity index is 2.29. The number of aromatic nitrogens is 2. The van der Waals surface area contributed by atoms with Gasteiger partial charge >= 0.3 is 0 Å². The lowest BCUT2D eigenvalue weighted by molar-refractivity contribution is 0.121. The molecule has 0 saturated carbocycles. The lowest BCUT2D eigenvalue weighted by Crippen LogP contribution is -2.28. The van der Waals surface area contributed by atoms with Crippen LogP contribution in [0.2, 0.25) is 0 Å². The minimum atomic E-state index is 0.231. The monoisotopic (exact) mass is 264 g/mol. The van der Waals surface area contributed by atoms with Crippen LogP contribution in [0.3, 0.4) is 0 Å². The summed E-state index contributed by atoms with van der Waals surface area (Å²) in [5, 5.41) is 6.66. The van der Waals surface area contributed by atoms with Crippen molar-refractivity contribution >= 4 is 11.6 Å². The van der Waals surface area contributed by atoms with Crippen molar-refractivity contribution < 1.29 is 4.74 Å². The molecule has 0 aromatic carbocycles. The van der Waals surface area contributed by atoms with Crippen molar-refractivity contribution in [3.8, 4) is 0 Å². The second kappa shape index (κ2) is 5.74. The Morgan fingerprint density at radius 3 is 2.47 bits per heavy atom. The van der Waals surface area contributed by atoms with Gasteiger partial charge in [0.15, 0.2) is 0 Å². The zero-order valence-corrected chi connectivity index (χ0v) is 12.4. The normalized spacial score (nSPS) is 22.8. The van der Waals surface area contributed by atoms with E-state index < -0.39 is 0 Å². The number of nitrogens with zero attached hydrogens (tertiary/aromatic N) is 2. The fourth-order valence-corrected chi connectivity index (χ4v) is 2.27. The third-order valence-corrected chi connectivity index (χ3v) is 3.61. The van der Waals surface area contributed by atoms with Crippen molar-refractivity contribution in [3.63, 3.8) is 0 Å². The van der Waals surface area contributed by atoms with Gasteiger partial charge in [0.2, 0.25) is 0 Å². The van der Waals surface area contributed by atoms with Gasteiger partial charge in [-0.15, -0.1) is 0 Å². The number of nitrogens with one attached hydrogen (secondary N) is 2. The van der Waals surface area contributed by atoms with E-state index in [0.717, 1.165) is 36.1 Å². The summed E-state index contributed by atoms with van der Waals surface area (Å²) in [5.74, 6) is 2.99. The summed E-state index contributed by atoms with van der Waals surface area (Å²) in [6.45, 7) is 9.17. The second-order valence-electron chi connectivity index (χ2n) is 5.42. The first kappa shape index (κ1) is 14.1. The summed E-state index contributed by atoms with van der Waals surface area (Å²) in [7, 11) is 1.89. The van der Waals surface area contributed by atoms with E-state index in [1.807, 2.05) is 14.0 Å². The minimum absolute atomic E-state index is 0.231. The van der Waals surface area contributed by atoms with E-state index in [0.29, 0.717) is 12.0 Å². The quantitative estimate of drug-likeness (QED) is 0.875. The van der Waals surface area contributed by atoms with Crippen molar-refractivity contribution in [1.29, 1.82) is 0 Å². The first-order valence-electron chi connectivity index (χ1n) is 6.97. The van der Waals surface area contributed by atoms with Gasteiger partial charge in [0, 0.05) is 25.1 Å². The van der Waals surface area contributed by atoms with Gasteiger partial charge in [-0.3, -0.25) is 0 Å². The number of hydrogen-bond donors (Lipinski definition) is 2. The van der Waals surface area contributed by atoms with E-state index in [1.165, 1.54) is 0 Å². The molecule has 0 amide bonds. The summed E-state index contributed by atoms with van der Waals surface area (Å²) in [5.41, 5.74) is 1.06. The number of ether oxygens (including phenoxy) is 1. The van der Waals surface area contributed by atoms with Crippen LogP contribution in [0.4, 0.5) is 11.6 Å². The Morgan fingerprint density at radius 2 is 1.95 bits per heavy atom. The van der Waals surface area contributed by atoms with Gasteiger partial charge in [-0.25, -0.2) is 9.97 Å². The average molecular weight is 264 g/mol. The molecule has 0 spiro atoms. The van der Waals surface area contributed by atoms with Crippen LogP contribution in [0, 0.1) is 6.92 Å². The zero-order chi connectivity index (χ0) is 14.0. The van der Waals surface area contributed by atoms with Crippen molar-refractivity contribution in [2.24, 2.45) is 0 Å². The molecule has 1 aromatic heterocycles. The molecule has 2 rings (SSSR count). The van der Waals surface area contributed by atoms with Crippen molar-refractivity contribution in [1.82, 2.24) is 9.97 Å². The molecule has 2 N–H and O–H groups in total. The van der Waals surface area contributed by atoms with Crippen LogP contribution in [0.5, 0.6) is 0 Å². The van der Waals surface area contributed by atoms with Crippen molar-refractivity contribution in [3.05, 3.63) is 11.4 Å². The molecule has 1 fully saturated rings. The van der Waals surface area contributed by atoms with Gasteiger partial charge in [-0.2, -0.15) is 0 Å². The van der Waals surface area contributed by atoms with Crippen LogP contribution in [0.1, 0.15) is 44.5 Å². The van der Waals surface area contributed by atoms with E-state index in [2.05, 4.69) is 41.4 Å². The fraction of sp³-hybridized carbons (Fsp3) is 0.714. The number of hydrogen-bond acceptors (Lipinski definition) is 5. The van der Waals surface area contributed by atoms with Crippen LogP contribution < -0.4 is 10.6 Å².